The van der Waals surface area contributed by atoms with E-state index in [1.807, 2.05) is 36.4 Å². The summed E-state index contributed by atoms with van der Waals surface area (Å²) in [6.07, 6.45) is 3.50. The van der Waals surface area contributed by atoms with Gasteiger partial charge in [-0.2, -0.15) is 0 Å². The number of benzene rings is 1. The Morgan fingerprint density at radius 3 is 2.84 bits per heavy atom. The Bertz CT molecular complexity index is 915. The molecule has 25 heavy (non-hydrogen) atoms. The standard InChI is InChI=1S/C19H21N3O2S/c1-2-15-12-16-18(25-15)21-13-22(19(16)24)11-9-17(23)20-10-8-14-6-4-3-5-7-14/h3-7,12-13H,2,8-11H2,1H3,(H,20,23). The SMILES string of the molecule is CCc1cc2c(=O)n(CCC(=O)NCCc3ccccc3)cnc2s1. The van der Waals surface area contributed by atoms with E-state index in [4.69, 9.17) is 0 Å². The maximum Gasteiger partial charge on any atom is 0.262 e. The number of amides is 1. The molecule has 0 spiro atoms. The van der Waals surface area contributed by atoms with E-state index in [1.54, 1.807) is 11.3 Å². The lowest BCUT2D eigenvalue weighted by Crippen LogP contribution is -2.28. The van der Waals surface area contributed by atoms with E-state index in [1.165, 1.54) is 16.5 Å². The maximum atomic E-state index is 12.5. The maximum absolute atomic E-state index is 12.5. The van der Waals surface area contributed by atoms with Gasteiger partial charge in [0.25, 0.3) is 5.56 Å². The van der Waals surface area contributed by atoms with Gasteiger partial charge in [-0.25, -0.2) is 4.98 Å². The summed E-state index contributed by atoms with van der Waals surface area (Å²) in [5.41, 5.74) is 1.12. The zero-order valence-electron chi connectivity index (χ0n) is 14.2. The number of hydrogen-bond acceptors (Lipinski definition) is 4. The van der Waals surface area contributed by atoms with Crippen molar-refractivity contribution in [3.8, 4) is 0 Å². The van der Waals surface area contributed by atoms with Gasteiger partial charge in [0.2, 0.25) is 5.91 Å². The number of carbonyl (C=O) groups is 1. The molecule has 3 rings (SSSR count). The second-order valence-corrected chi connectivity index (χ2v) is 6.98. The van der Waals surface area contributed by atoms with Crippen LogP contribution < -0.4 is 10.9 Å². The summed E-state index contributed by atoms with van der Waals surface area (Å²) in [6.45, 7) is 3.00. The third-order valence-corrected chi connectivity index (χ3v) is 5.26. The molecule has 1 N–H and O–H groups in total. The van der Waals surface area contributed by atoms with Crippen molar-refractivity contribution in [1.29, 1.82) is 0 Å². The lowest BCUT2D eigenvalue weighted by atomic mass is 10.1. The highest BCUT2D eigenvalue weighted by molar-refractivity contribution is 7.18. The Hall–Kier alpha value is -2.47. The highest BCUT2D eigenvalue weighted by atomic mass is 32.1. The zero-order valence-corrected chi connectivity index (χ0v) is 15.0. The van der Waals surface area contributed by atoms with Gasteiger partial charge in [-0.05, 0) is 24.5 Å². The number of nitrogens with one attached hydrogen (secondary N) is 1. The van der Waals surface area contributed by atoms with Crippen LogP contribution in [0.25, 0.3) is 10.2 Å². The van der Waals surface area contributed by atoms with Crippen molar-refractivity contribution in [1.82, 2.24) is 14.9 Å². The molecular formula is C19H21N3O2S. The largest absolute Gasteiger partial charge is 0.356 e. The summed E-state index contributed by atoms with van der Waals surface area (Å²) in [5.74, 6) is -0.0532. The van der Waals surface area contributed by atoms with Crippen LogP contribution in [0.3, 0.4) is 0 Å². The Labute approximate surface area is 150 Å². The lowest BCUT2D eigenvalue weighted by molar-refractivity contribution is -0.121. The molecule has 130 valence electrons. The number of thiophene rings is 1. The molecule has 0 bridgehead atoms. The van der Waals surface area contributed by atoms with Gasteiger partial charge in [-0.1, -0.05) is 37.3 Å². The molecule has 0 saturated heterocycles. The van der Waals surface area contributed by atoms with Gasteiger partial charge < -0.3 is 5.32 Å². The fourth-order valence-electron chi connectivity index (χ4n) is 2.64. The van der Waals surface area contributed by atoms with Crippen LogP contribution in [0.1, 0.15) is 23.8 Å². The van der Waals surface area contributed by atoms with Gasteiger partial charge in [-0.15, -0.1) is 11.3 Å². The number of aromatic nitrogens is 2. The predicted molar refractivity (Wildman–Crippen MR) is 101 cm³/mol. The van der Waals surface area contributed by atoms with Gasteiger partial charge >= 0.3 is 0 Å². The second kappa shape index (κ2) is 8.07. The molecule has 5 nitrogen and oxygen atoms in total. The minimum atomic E-state index is -0.0713. The molecule has 0 aliphatic heterocycles. The van der Waals surface area contributed by atoms with E-state index in [9.17, 15) is 9.59 Å². The molecule has 3 aromatic rings. The van der Waals surface area contributed by atoms with E-state index in [0.717, 1.165) is 22.5 Å². The molecule has 0 fully saturated rings. The van der Waals surface area contributed by atoms with Crippen LogP contribution in [0, 0.1) is 0 Å². The van der Waals surface area contributed by atoms with Crippen molar-refractivity contribution in [3.63, 3.8) is 0 Å². The third-order valence-electron chi connectivity index (χ3n) is 4.08. The first-order valence-electron chi connectivity index (χ1n) is 8.46. The van der Waals surface area contributed by atoms with Gasteiger partial charge in [0.1, 0.15) is 4.83 Å². The normalized spacial score (nSPS) is 10.9. The topological polar surface area (TPSA) is 64.0 Å². The molecule has 0 unspecified atom stereocenters. The molecule has 0 aliphatic rings. The van der Waals surface area contributed by atoms with Gasteiger partial charge in [0.05, 0.1) is 11.7 Å². The van der Waals surface area contributed by atoms with Crippen LogP contribution in [-0.2, 0) is 24.2 Å². The lowest BCUT2D eigenvalue weighted by Gasteiger charge is -2.07. The molecule has 0 radical (unpaired) electrons. The van der Waals surface area contributed by atoms with Gasteiger partial charge in [0, 0.05) is 24.4 Å². The van der Waals surface area contributed by atoms with E-state index >= 15 is 0 Å². The van der Waals surface area contributed by atoms with Gasteiger partial charge in [-0.3, -0.25) is 14.2 Å². The highest BCUT2D eigenvalue weighted by Gasteiger charge is 2.09. The summed E-state index contributed by atoms with van der Waals surface area (Å²) < 4.78 is 1.52. The smallest absolute Gasteiger partial charge is 0.262 e. The number of carbonyl (C=O) groups excluding carboxylic acids is 1. The first-order valence-corrected chi connectivity index (χ1v) is 9.27. The van der Waals surface area contributed by atoms with Crippen LogP contribution in [-0.4, -0.2) is 22.0 Å². The molecular weight excluding hydrogens is 334 g/mol. The molecule has 1 aromatic carbocycles. The summed E-state index contributed by atoms with van der Waals surface area (Å²) in [5, 5.41) is 3.55. The van der Waals surface area contributed by atoms with E-state index in [2.05, 4.69) is 17.2 Å². The molecule has 0 atom stereocenters. The number of aryl methyl sites for hydroxylation is 2. The number of rotatable bonds is 7. The Balaban J connectivity index is 1.54. The monoisotopic (exact) mass is 355 g/mol. The zero-order chi connectivity index (χ0) is 17.6. The molecule has 0 saturated carbocycles. The summed E-state index contributed by atoms with van der Waals surface area (Å²) >= 11 is 1.55. The van der Waals surface area contributed by atoms with Crippen LogP contribution in [0.4, 0.5) is 0 Å². The van der Waals surface area contributed by atoms with Crippen LogP contribution >= 0.6 is 11.3 Å². The van der Waals surface area contributed by atoms with Crippen molar-refractivity contribution in [2.75, 3.05) is 6.54 Å². The Morgan fingerprint density at radius 1 is 1.28 bits per heavy atom. The Kier molecular flexibility index (Phi) is 5.60. The van der Waals surface area contributed by atoms with Crippen molar-refractivity contribution in [3.05, 3.63) is 63.5 Å². The number of fused-ring (bicyclic) bond motifs is 1. The first kappa shape index (κ1) is 17.4. The third kappa shape index (κ3) is 4.33. The number of hydrogen-bond donors (Lipinski definition) is 1. The molecule has 0 aliphatic carbocycles. The van der Waals surface area contributed by atoms with Crippen LogP contribution in [0.15, 0.2) is 47.5 Å². The number of nitrogens with zero attached hydrogens (tertiary/aromatic N) is 2. The van der Waals surface area contributed by atoms with E-state index in [-0.39, 0.29) is 17.9 Å². The van der Waals surface area contributed by atoms with Crippen molar-refractivity contribution in [2.45, 2.75) is 32.7 Å². The molecule has 2 heterocycles. The van der Waals surface area contributed by atoms with Crippen LogP contribution in [0.5, 0.6) is 0 Å². The fraction of sp³-hybridized carbons (Fsp3) is 0.316. The highest BCUT2D eigenvalue weighted by Crippen LogP contribution is 2.20. The second-order valence-electron chi connectivity index (χ2n) is 5.86. The summed E-state index contributed by atoms with van der Waals surface area (Å²) in [4.78, 5) is 30.7. The minimum Gasteiger partial charge on any atom is -0.356 e. The van der Waals surface area contributed by atoms with Crippen LogP contribution in [0.2, 0.25) is 0 Å². The van der Waals surface area contributed by atoms with E-state index < -0.39 is 0 Å². The van der Waals surface area contributed by atoms with Gasteiger partial charge in [0.15, 0.2) is 0 Å². The summed E-state index contributed by atoms with van der Waals surface area (Å²) in [7, 11) is 0. The quantitative estimate of drug-likeness (QED) is 0.709. The average molecular weight is 355 g/mol. The van der Waals surface area contributed by atoms with E-state index in [0.29, 0.717) is 18.5 Å². The minimum absolute atomic E-state index is 0.0532. The average Bonchev–Trinajstić information content (AvgIpc) is 3.06. The predicted octanol–water partition coefficient (Wildman–Crippen LogP) is 2.77. The molecule has 6 heteroatoms. The van der Waals surface area contributed by atoms with Crippen molar-refractivity contribution >= 4 is 27.5 Å². The van der Waals surface area contributed by atoms with Crippen molar-refractivity contribution in [2.24, 2.45) is 0 Å². The molecule has 2 aromatic heterocycles. The fourth-order valence-corrected chi connectivity index (χ4v) is 3.57. The Morgan fingerprint density at radius 2 is 2.08 bits per heavy atom. The van der Waals surface area contributed by atoms with Crippen molar-refractivity contribution < 1.29 is 4.79 Å². The molecule has 1 amide bonds. The first-order chi connectivity index (χ1) is 12.2. The summed E-state index contributed by atoms with van der Waals surface area (Å²) in [6, 6.07) is 11.9.